The average Bonchev–Trinajstić information content (AvgIpc) is 3.44. The largest absolute Gasteiger partial charge is 0.228 e. The van der Waals surface area contributed by atoms with Crippen LogP contribution in [0.4, 0.5) is 0 Å². The van der Waals surface area contributed by atoms with Gasteiger partial charge in [-0.1, -0.05) is 261 Å². The summed E-state index contributed by atoms with van der Waals surface area (Å²) in [6, 6.07) is 96.0. The Labute approximate surface area is 407 Å². The molecule has 0 unspecified atom stereocenters. The van der Waals surface area contributed by atoms with Crippen LogP contribution in [-0.2, 0) is 0 Å². The zero-order valence-corrected chi connectivity index (χ0v) is 38.3. The van der Waals surface area contributed by atoms with Crippen LogP contribution in [0.1, 0.15) is 0 Å². The summed E-state index contributed by atoms with van der Waals surface area (Å²) in [7, 11) is 0. The van der Waals surface area contributed by atoms with Crippen molar-refractivity contribution in [3.63, 3.8) is 0 Å². The highest BCUT2D eigenvalue weighted by atomic mass is 14.9. The Morgan fingerprint density at radius 2 is 0.386 bits per heavy atom. The fraction of sp³-hybridized carbons (Fsp3) is 0. The molecule has 0 radical (unpaired) electrons. The molecule has 0 bridgehead atoms. The summed E-state index contributed by atoms with van der Waals surface area (Å²) in [5, 5.41) is 9.89. The van der Waals surface area contributed by atoms with Gasteiger partial charge >= 0.3 is 0 Å². The van der Waals surface area contributed by atoms with Crippen LogP contribution < -0.4 is 0 Å². The van der Waals surface area contributed by atoms with Crippen LogP contribution in [0.3, 0.4) is 0 Å². The number of rotatable bonds is 8. The summed E-state index contributed by atoms with van der Waals surface area (Å²) in [4.78, 5) is 10.6. The van der Waals surface area contributed by atoms with E-state index in [4.69, 9.17) is 9.97 Å². The van der Waals surface area contributed by atoms with E-state index in [2.05, 4.69) is 267 Å². The van der Waals surface area contributed by atoms with E-state index in [1.165, 1.54) is 82.0 Å². The van der Waals surface area contributed by atoms with Gasteiger partial charge in [-0.2, -0.15) is 0 Å². The van der Waals surface area contributed by atoms with Crippen molar-refractivity contribution in [2.45, 2.75) is 0 Å². The third kappa shape index (κ3) is 7.22. The molecule has 0 saturated carbocycles. The maximum atomic E-state index is 5.30. The van der Waals surface area contributed by atoms with Gasteiger partial charge in [0.2, 0.25) is 0 Å². The summed E-state index contributed by atoms with van der Waals surface area (Å²) >= 11 is 0. The summed E-state index contributed by atoms with van der Waals surface area (Å²) < 4.78 is 0. The third-order valence-corrected chi connectivity index (χ3v) is 13.9. The Morgan fingerprint density at radius 3 is 0.700 bits per heavy atom. The highest BCUT2D eigenvalue weighted by Crippen LogP contribution is 2.46. The molecular formula is C68H44N2. The molecule has 0 aliphatic carbocycles. The summed E-state index contributed by atoms with van der Waals surface area (Å²) in [5.74, 6) is 0.683. The molecule has 0 fully saturated rings. The zero-order chi connectivity index (χ0) is 46.4. The summed E-state index contributed by atoms with van der Waals surface area (Å²) in [6.07, 6.45) is 0. The smallest absolute Gasteiger partial charge is 0.160 e. The number of nitrogens with zero attached hydrogens (tertiary/aromatic N) is 2. The first-order valence-corrected chi connectivity index (χ1v) is 24.0. The van der Waals surface area contributed by atoms with E-state index in [1.807, 2.05) is 0 Å². The van der Waals surface area contributed by atoms with Crippen molar-refractivity contribution in [2.24, 2.45) is 0 Å². The molecule has 0 spiro atoms. The van der Waals surface area contributed by atoms with E-state index < -0.39 is 0 Å². The van der Waals surface area contributed by atoms with E-state index in [9.17, 15) is 0 Å². The van der Waals surface area contributed by atoms with E-state index in [0.29, 0.717) is 5.82 Å². The second-order valence-electron chi connectivity index (χ2n) is 18.0. The Kier molecular flexibility index (Phi) is 10.2. The minimum Gasteiger partial charge on any atom is -0.228 e. The highest BCUT2D eigenvalue weighted by Gasteiger charge is 2.19. The minimum absolute atomic E-state index is 0.683. The van der Waals surface area contributed by atoms with Crippen LogP contribution in [-0.4, -0.2) is 9.97 Å². The van der Waals surface area contributed by atoms with E-state index in [0.717, 1.165) is 44.8 Å². The molecule has 0 aliphatic rings. The van der Waals surface area contributed by atoms with Gasteiger partial charge in [0.15, 0.2) is 5.82 Å². The fourth-order valence-corrected chi connectivity index (χ4v) is 10.6. The number of hydrogen-bond acceptors (Lipinski definition) is 2. The molecule has 13 aromatic rings. The molecule has 2 nitrogen and oxygen atoms in total. The van der Waals surface area contributed by atoms with Gasteiger partial charge in [0.25, 0.3) is 0 Å². The monoisotopic (exact) mass is 888 g/mol. The topological polar surface area (TPSA) is 25.8 Å². The van der Waals surface area contributed by atoms with Gasteiger partial charge in [0.1, 0.15) is 0 Å². The maximum Gasteiger partial charge on any atom is 0.160 e. The summed E-state index contributed by atoms with van der Waals surface area (Å²) in [6.45, 7) is 0. The van der Waals surface area contributed by atoms with Crippen LogP contribution in [0, 0.1) is 0 Å². The van der Waals surface area contributed by atoms with E-state index >= 15 is 0 Å². The number of hydrogen-bond donors (Lipinski definition) is 0. The quantitative estimate of drug-likeness (QED) is 0.142. The van der Waals surface area contributed by atoms with Gasteiger partial charge in [-0.25, -0.2) is 9.97 Å². The average molecular weight is 889 g/mol. The molecule has 0 N–H and O–H groups in total. The third-order valence-electron chi connectivity index (χ3n) is 13.9. The number of aromatic nitrogens is 2. The normalized spacial score (nSPS) is 11.4. The molecular weight excluding hydrogens is 845 g/mol. The second kappa shape index (κ2) is 17.4. The SMILES string of the molecule is c1ccc(-c2ccc(-c3nc(-c4ccc(-c5c6ccccc6c(-c6ccccc6)c6ccccc56)cc4)cc(-c4ccc(-c5c6ccccc6c(-c6ccccc6)c6ccccc56)cc4)n3)cc2)cc1. The van der Waals surface area contributed by atoms with Crippen molar-refractivity contribution in [1.82, 2.24) is 9.97 Å². The molecule has 2 heteroatoms. The molecule has 1 aromatic heterocycles. The lowest BCUT2D eigenvalue weighted by Gasteiger charge is -2.18. The first-order chi connectivity index (χ1) is 34.7. The van der Waals surface area contributed by atoms with Crippen LogP contribution in [0.5, 0.6) is 0 Å². The van der Waals surface area contributed by atoms with Crippen molar-refractivity contribution in [1.29, 1.82) is 0 Å². The molecule has 0 atom stereocenters. The van der Waals surface area contributed by atoms with Crippen LogP contribution in [0.25, 0.3) is 133 Å². The lowest BCUT2D eigenvalue weighted by Crippen LogP contribution is -1.96. The molecule has 13 rings (SSSR count). The fourth-order valence-electron chi connectivity index (χ4n) is 10.6. The predicted molar refractivity (Wildman–Crippen MR) is 296 cm³/mol. The van der Waals surface area contributed by atoms with Gasteiger partial charge in [-0.3, -0.25) is 0 Å². The molecule has 1 heterocycles. The van der Waals surface area contributed by atoms with Gasteiger partial charge < -0.3 is 0 Å². The van der Waals surface area contributed by atoms with Crippen molar-refractivity contribution in [2.75, 3.05) is 0 Å². The van der Waals surface area contributed by atoms with Crippen LogP contribution in [0.2, 0.25) is 0 Å². The lowest BCUT2D eigenvalue weighted by atomic mass is 9.86. The minimum atomic E-state index is 0.683. The maximum absolute atomic E-state index is 5.30. The molecule has 70 heavy (non-hydrogen) atoms. The van der Waals surface area contributed by atoms with Gasteiger partial charge in [0, 0.05) is 16.7 Å². The Hall–Kier alpha value is -9.24. The van der Waals surface area contributed by atoms with Crippen LogP contribution in [0.15, 0.2) is 267 Å². The second-order valence-corrected chi connectivity index (χ2v) is 18.0. The van der Waals surface area contributed by atoms with Gasteiger partial charge in [-0.15, -0.1) is 0 Å². The van der Waals surface area contributed by atoms with E-state index in [-0.39, 0.29) is 0 Å². The van der Waals surface area contributed by atoms with Gasteiger partial charge in [-0.05, 0) is 105 Å². The Balaban J connectivity index is 0.933. The van der Waals surface area contributed by atoms with Gasteiger partial charge in [0.05, 0.1) is 11.4 Å². The van der Waals surface area contributed by atoms with Crippen molar-refractivity contribution >= 4 is 43.1 Å². The lowest BCUT2D eigenvalue weighted by molar-refractivity contribution is 1.18. The highest BCUT2D eigenvalue weighted by molar-refractivity contribution is 6.22. The molecule has 0 aliphatic heterocycles. The number of fused-ring (bicyclic) bond motifs is 4. The Bertz CT molecular complexity index is 3710. The number of benzene rings is 12. The van der Waals surface area contributed by atoms with Crippen molar-refractivity contribution in [3.8, 4) is 89.5 Å². The molecule has 0 saturated heterocycles. The standard InChI is InChI=1S/C68H44N2/c1-4-18-45(19-5-1)46-32-42-53(43-33-46)68-69-62(47-34-38-51(39-35-47)66-58-28-14-10-24-54(58)64(49-20-6-2-7-21-49)55-25-11-15-29-59(55)66)44-63(70-68)48-36-40-52(41-37-48)67-60-30-16-12-26-56(60)65(50-22-8-3-9-23-50)57-27-13-17-31-61(57)67/h1-44H. The Morgan fingerprint density at radius 1 is 0.171 bits per heavy atom. The van der Waals surface area contributed by atoms with E-state index in [1.54, 1.807) is 0 Å². The predicted octanol–water partition coefficient (Wildman–Crippen LogP) is 18.4. The zero-order valence-electron chi connectivity index (χ0n) is 38.3. The summed E-state index contributed by atoms with van der Waals surface area (Å²) in [5.41, 5.74) is 16.8. The van der Waals surface area contributed by atoms with Crippen molar-refractivity contribution in [3.05, 3.63) is 267 Å². The van der Waals surface area contributed by atoms with Crippen LogP contribution >= 0.6 is 0 Å². The first-order valence-electron chi connectivity index (χ1n) is 24.0. The first kappa shape index (κ1) is 41.0. The van der Waals surface area contributed by atoms with Crippen molar-refractivity contribution < 1.29 is 0 Å². The molecule has 326 valence electrons. The molecule has 12 aromatic carbocycles. The molecule has 0 amide bonds.